The number of ether oxygens (including phenoxy) is 1. The molecule has 1 aliphatic heterocycles. The van der Waals surface area contributed by atoms with E-state index in [1.54, 1.807) is 36.4 Å². The Morgan fingerprint density at radius 2 is 1.55 bits per heavy atom. The predicted molar refractivity (Wildman–Crippen MR) is 144 cm³/mol. The van der Waals surface area contributed by atoms with Crippen molar-refractivity contribution < 1.29 is 35.5 Å². The number of thiophene rings is 1. The molecule has 0 amide bonds. The van der Waals surface area contributed by atoms with Gasteiger partial charge in [-0.3, -0.25) is 0 Å². The van der Waals surface area contributed by atoms with Crippen molar-refractivity contribution in [2.24, 2.45) is 0 Å². The van der Waals surface area contributed by atoms with Crippen LogP contribution in [0.15, 0.2) is 41.2 Å². The number of rotatable bonds is 7. The van der Waals surface area contributed by atoms with Gasteiger partial charge >= 0.3 is 18.0 Å². The molecule has 0 atom stereocenters. The lowest BCUT2D eigenvalue weighted by molar-refractivity contribution is -0.354. The first-order chi connectivity index (χ1) is 19.3. The van der Waals surface area contributed by atoms with Crippen LogP contribution >= 0.6 is 11.3 Å². The Labute approximate surface area is 241 Å². The highest BCUT2D eigenvalue weighted by Crippen LogP contribution is 2.53. The van der Waals surface area contributed by atoms with Crippen molar-refractivity contribution in [2.75, 3.05) is 19.0 Å². The predicted octanol–water partition coefficient (Wildman–Crippen LogP) is 8.06. The molecule has 42 heavy (non-hydrogen) atoms. The van der Waals surface area contributed by atoms with Crippen LogP contribution in [0.25, 0.3) is 17.7 Å². The van der Waals surface area contributed by atoms with Crippen LogP contribution in [0, 0.1) is 40.9 Å². The second-order valence-electron chi connectivity index (χ2n) is 10.1. The highest BCUT2D eigenvalue weighted by molar-refractivity contribution is 7.14. The van der Waals surface area contributed by atoms with Gasteiger partial charge in [0.15, 0.2) is 11.3 Å². The number of nitrogens with zero attached hydrogens (tertiary/aromatic N) is 4. The second kappa shape index (κ2) is 11.2. The third kappa shape index (κ3) is 5.73. The van der Waals surface area contributed by atoms with Gasteiger partial charge in [0.1, 0.15) is 29.4 Å². The van der Waals surface area contributed by atoms with Crippen LogP contribution in [0.5, 0.6) is 0 Å². The van der Waals surface area contributed by atoms with Crippen molar-refractivity contribution in [3.8, 4) is 18.2 Å². The minimum Gasteiger partial charge on any atom is -0.479 e. The molecule has 0 unspecified atom stereocenters. The topological polar surface area (TPSA) is 83.8 Å². The van der Waals surface area contributed by atoms with Gasteiger partial charge in [-0.25, -0.2) is 0 Å². The van der Waals surface area contributed by atoms with Gasteiger partial charge in [-0.05, 0) is 55.7 Å². The van der Waals surface area contributed by atoms with Crippen LogP contribution in [0.2, 0.25) is 0 Å². The molecule has 0 aliphatic carbocycles. The zero-order valence-electron chi connectivity index (χ0n) is 22.9. The number of halogens is 7. The van der Waals surface area contributed by atoms with E-state index in [1.165, 1.54) is 26.8 Å². The Kier molecular flexibility index (Phi) is 8.59. The molecule has 13 heteroatoms. The van der Waals surface area contributed by atoms with E-state index in [-0.39, 0.29) is 26.5 Å². The summed E-state index contributed by atoms with van der Waals surface area (Å²) < 4.78 is 102. The fraction of sp³-hybridized carbons (Fsp3) is 0.345. The van der Waals surface area contributed by atoms with Gasteiger partial charge < -0.3 is 9.64 Å². The summed E-state index contributed by atoms with van der Waals surface area (Å²) in [6, 6.07) is 12.1. The first-order valence-corrected chi connectivity index (χ1v) is 12.9. The number of anilines is 1. The first-order valence-electron chi connectivity index (χ1n) is 12.1. The van der Waals surface area contributed by atoms with E-state index in [1.807, 2.05) is 31.1 Å². The number of nitriles is 3. The number of alkyl halides is 7. The summed E-state index contributed by atoms with van der Waals surface area (Å²) in [6.45, 7) is 4.08. The average Bonchev–Trinajstić information content (AvgIpc) is 3.34. The maximum atomic E-state index is 14.8. The van der Waals surface area contributed by atoms with Gasteiger partial charge in [-0.2, -0.15) is 46.5 Å². The van der Waals surface area contributed by atoms with Gasteiger partial charge in [0.25, 0.3) is 0 Å². The van der Waals surface area contributed by atoms with Crippen molar-refractivity contribution in [1.29, 1.82) is 15.8 Å². The second-order valence-corrected chi connectivity index (χ2v) is 11.1. The van der Waals surface area contributed by atoms with Crippen molar-refractivity contribution in [3.63, 3.8) is 0 Å². The maximum Gasteiger partial charge on any atom is 0.459 e. The van der Waals surface area contributed by atoms with Crippen molar-refractivity contribution in [1.82, 2.24) is 0 Å². The molecule has 5 nitrogen and oxygen atoms in total. The fourth-order valence-electron chi connectivity index (χ4n) is 4.30. The molecule has 1 aliphatic rings. The molecule has 2 aromatic rings. The first kappa shape index (κ1) is 32.2. The number of allylic oxidation sites excluding steroid dienone is 2. The summed E-state index contributed by atoms with van der Waals surface area (Å²) in [5.41, 5.74) is -1.62. The Morgan fingerprint density at radius 3 is 2.02 bits per heavy atom. The average molecular weight is 609 g/mol. The van der Waals surface area contributed by atoms with Gasteiger partial charge in [-0.15, -0.1) is 11.3 Å². The summed E-state index contributed by atoms with van der Waals surface area (Å²) in [4.78, 5) is 1.92. The van der Waals surface area contributed by atoms with E-state index < -0.39 is 46.9 Å². The van der Waals surface area contributed by atoms with Crippen molar-refractivity contribution in [2.45, 2.75) is 50.8 Å². The highest BCUT2D eigenvalue weighted by Gasteiger charge is 2.72. The van der Waals surface area contributed by atoms with Crippen LogP contribution in [-0.2, 0) is 11.2 Å². The van der Waals surface area contributed by atoms with Crippen LogP contribution in [0.3, 0.4) is 0 Å². The van der Waals surface area contributed by atoms with E-state index >= 15 is 0 Å². The molecule has 2 heterocycles. The summed E-state index contributed by atoms with van der Waals surface area (Å²) in [7, 11) is 3.69. The lowest BCUT2D eigenvalue weighted by Crippen LogP contribution is -2.53. The van der Waals surface area contributed by atoms with Crippen LogP contribution in [0.4, 0.5) is 36.4 Å². The highest BCUT2D eigenvalue weighted by atomic mass is 32.1. The zero-order chi connectivity index (χ0) is 31.8. The Hall–Kier alpha value is -4.28. The monoisotopic (exact) mass is 608 g/mol. The molecule has 0 spiro atoms. The lowest BCUT2D eigenvalue weighted by Gasteiger charge is -2.29. The van der Waals surface area contributed by atoms with Crippen molar-refractivity contribution >= 4 is 34.7 Å². The maximum absolute atomic E-state index is 14.8. The van der Waals surface area contributed by atoms with Crippen molar-refractivity contribution in [3.05, 3.63) is 67.6 Å². The van der Waals surface area contributed by atoms with Gasteiger partial charge in [-0.1, -0.05) is 18.2 Å². The third-order valence-corrected chi connectivity index (χ3v) is 7.90. The third-order valence-electron chi connectivity index (χ3n) is 6.59. The molecule has 0 saturated heterocycles. The fourth-order valence-corrected chi connectivity index (χ4v) is 5.74. The molecule has 0 radical (unpaired) electrons. The summed E-state index contributed by atoms with van der Waals surface area (Å²) >= 11 is 0.788. The molecular formula is C29H23F7N4OS. The Balaban J connectivity index is 2.30. The molecule has 0 bridgehead atoms. The Morgan fingerprint density at radius 1 is 0.976 bits per heavy atom. The standard InChI is InChI=1S/C29H23F7N4OS/c1-16-20(12-27(30,31)28(32,33)29(34,35)36)25(23-21(15-39)24(18(13-37)14-38)41-26(23,2)3)42-22(16)11-8-17-6-9-19(10-7-17)40(4)5/h6-11H,12H2,1-5H3/b11-8+. The summed E-state index contributed by atoms with van der Waals surface area (Å²) in [5.74, 6) is -12.4. The molecule has 0 N–H and O–H groups in total. The molecule has 3 rings (SSSR count). The van der Waals surface area contributed by atoms with E-state index in [4.69, 9.17) is 4.74 Å². The minimum absolute atomic E-state index is 0.00683. The number of hydrogen-bond donors (Lipinski definition) is 0. The normalized spacial score (nSPS) is 15.3. The number of benzene rings is 1. The summed E-state index contributed by atoms with van der Waals surface area (Å²) in [5, 5.41) is 28.6. The SMILES string of the molecule is Cc1c(/C=C/c2ccc(N(C)C)cc2)sc(C2=C(C#N)C(=C(C#N)C#N)OC2(C)C)c1CC(F)(F)C(F)(F)C(F)(F)F. The van der Waals surface area contributed by atoms with Gasteiger partial charge in [0, 0.05) is 41.5 Å². The van der Waals surface area contributed by atoms with Gasteiger partial charge in [0.2, 0.25) is 0 Å². The minimum atomic E-state index is -6.53. The molecular weight excluding hydrogens is 585 g/mol. The zero-order valence-corrected chi connectivity index (χ0v) is 23.7. The molecule has 220 valence electrons. The quantitative estimate of drug-likeness (QED) is 0.235. The van der Waals surface area contributed by atoms with E-state index in [0.717, 1.165) is 17.0 Å². The van der Waals surface area contributed by atoms with Crippen LogP contribution in [0.1, 0.15) is 40.3 Å². The number of hydrogen-bond acceptors (Lipinski definition) is 6. The largest absolute Gasteiger partial charge is 0.479 e. The van der Waals surface area contributed by atoms with E-state index in [0.29, 0.717) is 5.56 Å². The molecule has 0 fully saturated rings. The van der Waals surface area contributed by atoms with Crippen LogP contribution in [-0.4, -0.2) is 37.7 Å². The van der Waals surface area contributed by atoms with E-state index in [2.05, 4.69) is 0 Å². The lowest BCUT2D eigenvalue weighted by atomic mass is 9.88. The Bertz CT molecular complexity index is 1590. The van der Waals surface area contributed by atoms with E-state index in [9.17, 15) is 46.5 Å². The molecule has 0 saturated carbocycles. The molecule has 1 aromatic heterocycles. The molecule has 1 aromatic carbocycles. The summed E-state index contributed by atoms with van der Waals surface area (Å²) in [6.07, 6.45) is -5.43. The van der Waals surface area contributed by atoms with Crippen LogP contribution < -0.4 is 4.90 Å². The smallest absolute Gasteiger partial charge is 0.459 e. The van der Waals surface area contributed by atoms with Gasteiger partial charge in [0.05, 0.1) is 0 Å².